The van der Waals surface area contributed by atoms with Crippen LogP contribution < -0.4 is 9.47 Å². The highest BCUT2D eigenvalue weighted by molar-refractivity contribution is 6.30. The minimum absolute atomic E-state index is 0.179. The molecule has 0 N–H and O–H groups in total. The predicted molar refractivity (Wildman–Crippen MR) is 119 cm³/mol. The Bertz CT molecular complexity index is 1190. The molecule has 0 aliphatic heterocycles. The summed E-state index contributed by atoms with van der Waals surface area (Å²) in [5.41, 5.74) is 1.80. The van der Waals surface area contributed by atoms with E-state index in [0.717, 1.165) is 0 Å². The third kappa shape index (κ3) is 4.78. The molecule has 8 heteroatoms. The molecule has 0 atom stereocenters. The van der Waals surface area contributed by atoms with Crippen LogP contribution in [-0.2, 0) is 13.1 Å². The van der Waals surface area contributed by atoms with Crippen LogP contribution in [0.4, 0.5) is 0 Å². The summed E-state index contributed by atoms with van der Waals surface area (Å²) >= 11 is 5.97. The molecule has 0 aliphatic carbocycles. The molecule has 0 saturated carbocycles. The Balaban J connectivity index is 1.61. The summed E-state index contributed by atoms with van der Waals surface area (Å²) in [6.45, 7) is 0.497. The standard InChI is InChI=1S/C24H21ClN2O5/c1-29-19-9-10-22(30-2)21(13-19)23-12-18(26-32-23)14-27(15-20-4-3-11-31-20)24(28)16-5-7-17(25)8-6-16/h3-13H,14-15H2,1-2H3. The Hall–Kier alpha value is -3.71. The fraction of sp³-hybridized carbons (Fsp3) is 0.167. The van der Waals surface area contributed by atoms with Crippen molar-refractivity contribution >= 4 is 17.5 Å². The molecule has 0 radical (unpaired) electrons. The number of amides is 1. The lowest BCUT2D eigenvalue weighted by Crippen LogP contribution is -2.30. The molecular weight excluding hydrogens is 432 g/mol. The minimum atomic E-state index is -0.179. The average molecular weight is 453 g/mol. The third-order valence-electron chi connectivity index (χ3n) is 4.89. The molecule has 164 valence electrons. The highest BCUT2D eigenvalue weighted by Gasteiger charge is 2.21. The quantitative estimate of drug-likeness (QED) is 0.354. The lowest BCUT2D eigenvalue weighted by Gasteiger charge is -2.20. The Kier molecular flexibility index (Phi) is 6.47. The van der Waals surface area contributed by atoms with Crippen LogP contribution >= 0.6 is 11.6 Å². The molecule has 2 aromatic carbocycles. The molecule has 0 unspecified atom stereocenters. The second-order valence-corrected chi connectivity index (χ2v) is 7.43. The molecule has 4 rings (SSSR count). The first-order chi connectivity index (χ1) is 15.6. The van der Waals surface area contributed by atoms with Crippen LogP contribution in [0.5, 0.6) is 11.5 Å². The fourth-order valence-corrected chi connectivity index (χ4v) is 3.41. The van der Waals surface area contributed by atoms with E-state index in [1.54, 1.807) is 73.9 Å². The van der Waals surface area contributed by atoms with Crippen molar-refractivity contribution < 1.29 is 23.2 Å². The zero-order valence-corrected chi connectivity index (χ0v) is 18.3. The van der Waals surface area contributed by atoms with Crippen LogP contribution in [0, 0.1) is 0 Å². The van der Waals surface area contributed by atoms with Crippen LogP contribution in [0.3, 0.4) is 0 Å². The highest BCUT2D eigenvalue weighted by atomic mass is 35.5. The predicted octanol–water partition coefficient (Wildman–Crippen LogP) is 5.45. The molecular formula is C24H21ClN2O5. The summed E-state index contributed by atoms with van der Waals surface area (Å²) < 4.78 is 21.8. The summed E-state index contributed by atoms with van der Waals surface area (Å²) in [6.07, 6.45) is 1.57. The molecule has 7 nitrogen and oxygen atoms in total. The normalized spacial score (nSPS) is 10.7. The van der Waals surface area contributed by atoms with Crippen LogP contribution in [0.25, 0.3) is 11.3 Å². The van der Waals surface area contributed by atoms with Gasteiger partial charge in [-0.25, -0.2) is 0 Å². The van der Waals surface area contributed by atoms with Gasteiger partial charge in [0.25, 0.3) is 5.91 Å². The van der Waals surface area contributed by atoms with Gasteiger partial charge < -0.3 is 23.3 Å². The maximum absolute atomic E-state index is 13.2. The van der Waals surface area contributed by atoms with Gasteiger partial charge in [0.05, 0.1) is 39.1 Å². The van der Waals surface area contributed by atoms with Crippen molar-refractivity contribution in [3.05, 3.63) is 89.0 Å². The Morgan fingerprint density at radius 3 is 2.53 bits per heavy atom. The van der Waals surface area contributed by atoms with Crippen molar-refractivity contribution in [2.45, 2.75) is 13.1 Å². The van der Waals surface area contributed by atoms with E-state index in [4.69, 9.17) is 30.0 Å². The van der Waals surface area contributed by atoms with Gasteiger partial charge in [-0.15, -0.1) is 0 Å². The molecule has 0 bridgehead atoms. The van der Waals surface area contributed by atoms with E-state index in [1.165, 1.54) is 0 Å². The van der Waals surface area contributed by atoms with Crippen molar-refractivity contribution in [3.63, 3.8) is 0 Å². The highest BCUT2D eigenvalue weighted by Crippen LogP contribution is 2.34. The van der Waals surface area contributed by atoms with Crippen molar-refractivity contribution in [2.75, 3.05) is 14.2 Å². The van der Waals surface area contributed by atoms with E-state index >= 15 is 0 Å². The van der Waals surface area contributed by atoms with E-state index in [2.05, 4.69) is 5.16 Å². The Morgan fingerprint density at radius 2 is 1.84 bits per heavy atom. The zero-order chi connectivity index (χ0) is 22.5. The maximum atomic E-state index is 13.2. The van der Waals surface area contributed by atoms with Crippen LogP contribution in [0.2, 0.25) is 5.02 Å². The first-order valence-corrected chi connectivity index (χ1v) is 10.2. The number of hydrogen-bond donors (Lipinski definition) is 0. The second kappa shape index (κ2) is 9.62. The Labute approximate surface area is 190 Å². The van der Waals surface area contributed by atoms with Gasteiger partial charge in [0, 0.05) is 16.7 Å². The molecule has 0 saturated heterocycles. The maximum Gasteiger partial charge on any atom is 0.254 e. The molecule has 1 amide bonds. The van der Waals surface area contributed by atoms with Gasteiger partial charge in [0.2, 0.25) is 0 Å². The van der Waals surface area contributed by atoms with Crippen LogP contribution in [-0.4, -0.2) is 30.2 Å². The summed E-state index contributed by atoms with van der Waals surface area (Å²) in [4.78, 5) is 14.8. The van der Waals surface area contributed by atoms with Gasteiger partial charge in [-0.1, -0.05) is 16.8 Å². The molecule has 0 aliphatic rings. The second-order valence-electron chi connectivity index (χ2n) is 7.00. The van der Waals surface area contributed by atoms with E-state index in [0.29, 0.717) is 44.9 Å². The van der Waals surface area contributed by atoms with E-state index in [1.807, 2.05) is 12.1 Å². The van der Waals surface area contributed by atoms with E-state index in [9.17, 15) is 4.79 Å². The SMILES string of the molecule is COc1ccc(OC)c(-c2cc(CN(Cc3ccco3)C(=O)c3ccc(Cl)cc3)no2)c1. The zero-order valence-electron chi connectivity index (χ0n) is 17.6. The number of halogens is 1. The topological polar surface area (TPSA) is 77.9 Å². The van der Waals surface area contributed by atoms with E-state index < -0.39 is 0 Å². The number of hydrogen-bond acceptors (Lipinski definition) is 6. The van der Waals surface area contributed by atoms with Gasteiger partial charge in [-0.2, -0.15) is 0 Å². The molecule has 32 heavy (non-hydrogen) atoms. The number of carbonyl (C=O) groups excluding carboxylic acids is 1. The summed E-state index contributed by atoms with van der Waals surface area (Å²) in [5.74, 6) is 2.27. The van der Waals surface area contributed by atoms with Gasteiger partial charge in [-0.05, 0) is 54.6 Å². The number of carbonyl (C=O) groups is 1. The number of rotatable bonds is 8. The summed E-state index contributed by atoms with van der Waals surface area (Å²) in [6, 6.07) is 17.5. The number of ether oxygens (including phenoxy) is 2. The molecule has 0 fully saturated rings. The molecule has 4 aromatic rings. The van der Waals surface area contributed by atoms with Gasteiger partial charge >= 0.3 is 0 Å². The number of furan rings is 1. The number of nitrogens with zero attached hydrogens (tertiary/aromatic N) is 2. The Morgan fingerprint density at radius 1 is 1.03 bits per heavy atom. The first-order valence-electron chi connectivity index (χ1n) is 9.82. The van der Waals surface area contributed by atoms with Crippen LogP contribution in [0.1, 0.15) is 21.8 Å². The largest absolute Gasteiger partial charge is 0.497 e. The fourth-order valence-electron chi connectivity index (χ4n) is 3.28. The van der Waals surface area contributed by atoms with Crippen molar-refractivity contribution in [2.24, 2.45) is 0 Å². The lowest BCUT2D eigenvalue weighted by atomic mass is 10.1. The molecule has 2 aromatic heterocycles. The number of benzene rings is 2. The molecule has 2 heterocycles. The third-order valence-corrected chi connectivity index (χ3v) is 5.14. The molecule has 0 spiro atoms. The van der Waals surface area contributed by atoms with E-state index in [-0.39, 0.29) is 19.0 Å². The summed E-state index contributed by atoms with van der Waals surface area (Å²) in [7, 11) is 3.17. The van der Waals surface area contributed by atoms with Crippen LogP contribution in [0.15, 0.2) is 75.9 Å². The van der Waals surface area contributed by atoms with Gasteiger partial charge in [0.15, 0.2) is 5.76 Å². The minimum Gasteiger partial charge on any atom is -0.497 e. The van der Waals surface area contributed by atoms with Gasteiger partial charge in [0.1, 0.15) is 23.0 Å². The van der Waals surface area contributed by atoms with Crippen molar-refractivity contribution in [1.82, 2.24) is 10.1 Å². The smallest absolute Gasteiger partial charge is 0.254 e. The first kappa shape index (κ1) is 21.5. The van der Waals surface area contributed by atoms with Crippen molar-refractivity contribution in [3.8, 4) is 22.8 Å². The average Bonchev–Trinajstić information content (AvgIpc) is 3.50. The monoisotopic (exact) mass is 452 g/mol. The lowest BCUT2D eigenvalue weighted by molar-refractivity contribution is 0.0714. The number of methoxy groups -OCH3 is 2. The number of aromatic nitrogens is 1. The van der Waals surface area contributed by atoms with Gasteiger partial charge in [-0.3, -0.25) is 4.79 Å². The van der Waals surface area contributed by atoms with Crippen molar-refractivity contribution in [1.29, 1.82) is 0 Å². The summed E-state index contributed by atoms with van der Waals surface area (Å²) in [5, 5.41) is 4.73.